The molecule has 0 aromatic heterocycles. The number of allylic oxidation sites excluding steroid dienone is 4. The van der Waals surface area contributed by atoms with Crippen LogP contribution in [-0.4, -0.2) is 0 Å². The van der Waals surface area contributed by atoms with Gasteiger partial charge in [-0.1, -0.05) is 122 Å². The molecule has 0 aromatic rings. The number of hydrogen-bond acceptors (Lipinski definition) is 0. The summed E-state index contributed by atoms with van der Waals surface area (Å²) in [6, 6.07) is 0. The highest BCUT2D eigenvalue weighted by Crippen LogP contribution is 2.12. The largest absolute Gasteiger partial charge is 0.0888 e. The first-order valence-electron chi connectivity index (χ1n) is 12.2. The minimum Gasteiger partial charge on any atom is -0.0888 e. The molecule has 0 saturated carbocycles. The minimum atomic E-state index is 1.19. The van der Waals surface area contributed by atoms with Crippen LogP contribution in [0.3, 0.4) is 0 Å². The molecule has 154 valence electrons. The Labute approximate surface area is 166 Å². The monoisotopic (exact) mass is 362 g/mol. The van der Waals surface area contributed by atoms with E-state index < -0.39 is 0 Å². The highest BCUT2D eigenvalue weighted by molar-refractivity contribution is 4.81. The quantitative estimate of drug-likeness (QED) is 0.141. The van der Waals surface area contributed by atoms with Gasteiger partial charge < -0.3 is 0 Å². The van der Waals surface area contributed by atoms with Crippen molar-refractivity contribution in [2.75, 3.05) is 0 Å². The van der Waals surface area contributed by atoms with Gasteiger partial charge in [-0.2, -0.15) is 0 Å². The second kappa shape index (κ2) is 24.5. The number of unbranched alkanes of at least 4 members (excludes halogenated alkanes) is 17. The van der Waals surface area contributed by atoms with Crippen LogP contribution in [0.5, 0.6) is 0 Å². The highest BCUT2D eigenvalue weighted by atomic mass is 14.0. The smallest absolute Gasteiger partial charge is 0.0351 e. The summed E-state index contributed by atoms with van der Waals surface area (Å²) >= 11 is 0. The third-order valence-corrected chi connectivity index (χ3v) is 5.28. The predicted octanol–water partition coefficient (Wildman–Crippen LogP) is 9.94. The summed E-state index contributed by atoms with van der Waals surface area (Å²) in [6.07, 6.45) is 37.5. The van der Waals surface area contributed by atoms with Crippen LogP contribution in [0.1, 0.15) is 142 Å². The van der Waals surface area contributed by atoms with E-state index >= 15 is 0 Å². The molecule has 0 aliphatic rings. The Balaban J connectivity index is 3.07. The van der Waals surface area contributed by atoms with Gasteiger partial charge in [0.15, 0.2) is 0 Å². The molecule has 0 aromatic carbocycles. The second-order valence-electron chi connectivity index (χ2n) is 8.02. The van der Waals surface area contributed by atoms with Crippen molar-refractivity contribution in [2.45, 2.75) is 142 Å². The fourth-order valence-corrected chi connectivity index (χ4v) is 3.50. The molecule has 0 radical (unpaired) electrons. The van der Waals surface area contributed by atoms with Gasteiger partial charge in [0.05, 0.1) is 0 Å². The van der Waals surface area contributed by atoms with Crippen LogP contribution in [-0.2, 0) is 0 Å². The summed E-state index contributed by atoms with van der Waals surface area (Å²) in [5.74, 6) is 0. The summed E-state index contributed by atoms with van der Waals surface area (Å²) in [5, 5.41) is 0. The number of rotatable bonds is 21. The molecule has 26 heavy (non-hydrogen) atoms. The number of hydrogen-bond donors (Lipinski definition) is 0. The Morgan fingerprint density at radius 3 is 1.00 bits per heavy atom. The molecule has 0 fully saturated rings. The zero-order chi connectivity index (χ0) is 19.0. The van der Waals surface area contributed by atoms with Crippen molar-refractivity contribution >= 4 is 0 Å². The van der Waals surface area contributed by atoms with Crippen molar-refractivity contribution in [1.82, 2.24) is 0 Å². The minimum absolute atomic E-state index is 1.19. The molecular formula is C26H50. The van der Waals surface area contributed by atoms with Crippen LogP contribution in [0, 0.1) is 0 Å². The lowest BCUT2D eigenvalue weighted by molar-refractivity contribution is 0.557. The van der Waals surface area contributed by atoms with Crippen molar-refractivity contribution in [1.29, 1.82) is 0 Å². The SMILES string of the molecule is CCC=CCCCCCCCCC=CCCCCCCCCCCCC. The fraction of sp³-hybridized carbons (Fsp3) is 0.846. The van der Waals surface area contributed by atoms with Crippen molar-refractivity contribution in [3.8, 4) is 0 Å². The van der Waals surface area contributed by atoms with Gasteiger partial charge in [-0.25, -0.2) is 0 Å². The molecule has 0 N–H and O–H groups in total. The first kappa shape index (κ1) is 25.5. The summed E-state index contributed by atoms with van der Waals surface area (Å²) < 4.78 is 0. The third-order valence-electron chi connectivity index (χ3n) is 5.28. The second-order valence-corrected chi connectivity index (χ2v) is 8.02. The molecule has 0 aliphatic heterocycles. The van der Waals surface area contributed by atoms with Crippen LogP contribution in [0.15, 0.2) is 24.3 Å². The van der Waals surface area contributed by atoms with Crippen molar-refractivity contribution in [2.24, 2.45) is 0 Å². The van der Waals surface area contributed by atoms with Gasteiger partial charge >= 0.3 is 0 Å². The van der Waals surface area contributed by atoms with Gasteiger partial charge in [0.25, 0.3) is 0 Å². The zero-order valence-corrected chi connectivity index (χ0v) is 18.5. The van der Waals surface area contributed by atoms with E-state index in [4.69, 9.17) is 0 Å². The summed E-state index contributed by atoms with van der Waals surface area (Å²) in [5.41, 5.74) is 0. The fourth-order valence-electron chi connectivity index (χ4n) is 3.50. The molecule has 0 spiro atoms. The van der Waals surface area contributed by atoms with Crippen LogP contribution in [0.4, 0.5) is 0 Å². The molecular weight excluding hydrogens is 312 g/mol. The van der Waals surface area contributed by atoms with E-state index in [1.807, 2.05) is 0 Å². The van der Waals surface area contributed by atoms with E-state index in [0.29, 0.717) is 0 Å². The van der Waals surface area contributed by atoms with E-state index in [2.05, 4.69) is 38.2 Å². The van der Waals surface area contributed by atoms with Crippen LogP contribution in [0.2, 0.25) is 0 Å². The summed E-state index contributed by atoms with van der Waals surface area (Å²) in [6.45, 7) is 4.51. The average molecular weight is 363 g/mol. The summed E-state index contributed by atoms with van der Waals surface area (Å²) in [7, 11) is 0. The van der Waals surface area contributed by atoms with Gasteiger partial charge in [-0.15, -0.1) is 0 Å². The standard InChI is InChI=1S/C26H50/c1-3-5-7-9-11-13-15-17-19-21-23-25-26-24-22-20-18-16-14-12-10-8-6-4-2/h5,7,25-26H,3-4,6,8-24H2,1-2H3. The van der Waals surface area contributed by atoms with E-state index in [-0.39, 0.29) is 0 Å². The third kappa shape index (κ3) is 23.5. The first-order valence-corrected chi connectivity index (χ1v) is 12.2. The topological polar surface area (TPSA) is 0 Å². The Bertz CT molecular complexity index is 286. The maximum absolute atomic E-state index is 2.44. The molecule has 0 atom stereocenters. The van der Waals surface area contributed by atoms with E-state index in [1.54, 1.807) is 0 Å². The maximum Gasteiger partial charge on any atom is -0.0351 e. The highest BCUT2D eigenvalue weighted by Gasteiger charge is 1.92. The lowest BCUT2D eigenvalue weighted by Crippen LogP contribution is -1.81. The Kier molecular flexibility index (Phi) is 24.0. The molecule has 0 heterocycles. The van der Waals surface area contributed by atoms with E-state index in [1.165, 1.54) is 128 Å². The maximum atomic E-state index is 2.44. The first-order chi connectivity index (χ1) is 12.9. The normalized spacial score (nSPS) is 11.9. The Morgan fingerprint density at radius 1 is 0.346 bits per heavy atom. The van der Waals surface area contributed by atoms with Gasteiger partial charge in [0.1, 0.15) is 0 Å². The zero-order valence-electron chi connectivity index (χ0n) is 18.5. The summed E-state index contributed by atoms with van der Waals surface area (Å²) in [4.78, 5) is 0. The van der Waals surface area contributed by atoms with Crippen molar-refractivity contribution in [3.63, 3.8) is 0 Å². The van der Waals surface area contributed by atoms with E-state index in [0.717, 1.165) is 0 Å². The van der Waals surface area contributed by atoms with Gasteiger partial charge in [0.2, 0.25) is 0 Å². The van der Waals surface area contributed by atoms with Crippen molar-refractivity contribution < 1.29 is 0 Å². The van der Waals surface area contributed by atoms with Gasteiger partial charge in [-0.3, -0.25) is 0 Å². The molecule has 0 aliphatic carbocycles. The van der Waals surface area contributed by atoms with E-state index in [9.17, 15) is 0 Å². The Morgan fingerprint density at radius 2 is 0.654 bits per heavy atom. The Hall–Kier alpha value is -0.520. The molecule has 0 heteroatoms. The molecule has 0 unspecified atom stereocenters. The molecule has 0 rings (SSSR count). The van der Waals surface area contributed by atoms with Gasteiger partial charge in [-0.05, 0) is 44.9 Å². The van der Waals surface area contributed by atoms with Crippen molar-refractivity contribution in [3.05, 3.63) is 24.3 Å². The van der Waals surface area contributed by atoms with Crippen LogP contribution >= 0.6 is 0 Å². The predicted molar refractivity (Wildman–Crippen MR) is 122 cm³/mol. The molecule has 0 amide bonds. The van der Waals surface area contributed by atoms with Crippen LogP contribution in [0.25, 0.3) is 0 Å². The molecule has 0 nitrogen and oxygen atoms in total. The molecule has 0 bridgehead atoms. The van der Waals surface area contributed by atoms with Crippen LogP contribution < -0.4 is 0 Å². The lowest BCUT2D eigenvalue weighted by atomic mass is 10.1. The average Bonchev–Trinajstić information content (AvgIpc) is 2.66. The lowest BCUT2D eigenvalue weighted by Gasteiger charge is -2.01. The van der Waals surface area contributed by atoms with Gasteiger partial charge in [0, 0.05) is 0 Å². The molecule has 0 saturated heterocycles.